The maximum Gasteiger partial charge on any atom is 0.263 e. The lowest BCUT2D eigenvalue weighted by Crippen LogP contribution is -2.33. The molecule has 2 rings (SSSR count). The van der Waals surface area contributed by atoms with Crippen molar-refractivity contribution in [2.75, 3.05) is 6.54 Å². The summed E-state index contributed by atoms with van der Waals surface area (Å²) in [5.41, 5.74) is 2.43. The van der Waals surface area contributed by atoms with Crippen LogP contribution in [0.15, 0.2) is 42.2 Å². The molecule has 0 aliphatic carbocycles. The molecule has 120 valence electrons. The van der Waals surface area contributed by atoms with E-state index in [1.807, 2.05) is 44.3 Å². The number of para-hydroxylation sites is 1. The van der Waals surface area contributed by atoms with Gasteiger partial charge in [-0.05, 0) is 31.4 Å². The number of nitriles is 1. The summed E-state index contributed by atoms with van der Waals surface area (Å²) in [6.45, 7) is 4.56. The number of fused-ring (bicyclic) bond motifs is 1. The molecule has 23 heavy (non-hydrogen) atoms. The highest BCUT2D eigenvalue weighted by atomic mass is 16.1. The zero-order chi connectivity index (χ0) is 16.7. The highest BCUT2D eigenvalue weighted by Crippen LogP contribution is 2.17. The van der Waals surface area contributed by atoms with Crippen LogP contribution < -0.4 is 10.6 Å². The van der Waals surface area contributed by atoms with Gasteiger partial charge in [0.05, 0.1) is 0 Å². The van der Waals surface area contributed by atoms with Crippen LogP contribution >= 0.6 is 0 Å². The summed E-state index contributed by atoms with van der Waals surface area (Å²) in [6.07, 6.45) is 5.13. The first-order chi connectivity index (χ1) is 11.2. The van der Waals surface area contributed by atoms with Gasteiger partial charge in [-0.1, -0.05) is 25.1 Å². The third-order valence-corrected chi connectivity index (χ3v) is 3.81. The Morgan fingerprint density at radius 2 is 2.22 bits per heavy atom. The van der Waals surface area contributed by atoms with Crippen LogP contribution in [0.2, 0.25) is 0 Å². The average Bonchev–Trinajstić information content (AvgIpc) is 2.98. The van der Waals surface area contributed by atoms with Gasteiger partial charge in [0.1, 0.15) is 11.6 Å². The van der Waals surface area contributed by atoms with E-state index in [2.05, 4.69) is 21.7 Å². The van der Waals surface area contributed by atoms with Crippen LogP contribution in [0.1, 0.15) is 25.8 Å². The molecule has 1 heterocycles. The molecule has 5 nitrogen and oxygen atoms in total. The van der Waals surface area contributed by atoms with Gasteiger partial charge >= 0.3 is 0 Å². The third kappa shape index (κ3) is 4.36. The van der Waals surface area contributed by atoms with E-state index in [0.717, 1.165) is 18.4 Å². The van der Waals surface area contributed by atoms with Gasteiger partial charge < -0.3 is 15.6 Å². The third-order valence-electron chi connectivity index (χ3n) is 3.81. The van der Waals surface area contributed by atoms with Gasteiger partial charge in [0.2, 0.25) is 0 Å². The van der Waals surface area contributed by atoms with Crippen molar-refractivity contribution in [3.63, 3.8) is 0 Å². The number of nitrogens with one attached hydrogen (secondary N) is 3. The van der Waals surface area contributed by atoms with Crippen LogP contribution in [0.4, 0.5) is 0 Å². The number of carbonyl (C=O) groups excluding carboxylic acids is 1. The van der Waals surface area contributed by atoms with E-state index in [4.69, 9.17) is 5.26 Å². The van der Waals surface area contributed by atoms with Crippen LogP contribution in [0.25, 0.3) is 10.9 Å². The van der Waals surface area contributed by atoms with Gasteiger partial charge in [-0.3, -0.25) is 4.79 Å². The van der Waals surface area contributed by atoms with E-state index in [1.54, 1.807) is 0 Å². The van der Waals surface area contributed by atoms with Gasteiger partial charge in [-0.2, -0.15) is 5.26 Å². The first kappa shape index (κ1) is 16.6. The molecular formula is C18H22N4O. The highest BCUT2D eigenvalue weighted by Gasteiger charge is 2.10. The number of rotatable bonds is 7. The summed E-state index contributed by atoms with van der Waals surface area (Å²) < 4.78 is 0. The fourth-order valence-corrected chi connectivity index (χ4v) is 2.27. The second-order valence-corrected chi connectivity index (χ2v) is 5.52. The monoisotopic (exact) mass is 310 g/mol. The number of hydrogen-bond acceptors (Lipinski definition) is 3. The Kier molecular flexibility index (Phi) is 5.81. The minimum atomic E-state index is -0.332. The molecule has 0 aliphatic rings. The van der Waals surface area contributed by atoms with Crippen molar-refractivity contribution in [3.05, 3.63) is 47.8 Å². The fourth-order valence-electron chi connectivity index (χ4n) is 2.27. The quantitative estimate of drug-likeness (QED) is 0.418. The summed E-state index contributed by atoms with van der Waals surface area (Å²) in [5.74, 6) is -0.332. The number of H-pyrrole nitrogens is 1. The van der Waals surface area contributed by atoms with Crippen LogP contribution in [-0.4, -0.2) is 23.5 Å². The smallest absolute Gasteiger partial charge is 0.263 e. The van der Waals surface area contributed by atoms with Crippen molar-refractivity contribution in [3.8, 4) is 6.07 Å². The Bertz CT molecular complexity index is 739. The van der Waals surface area contributed by atoms with Crippen LogP contribution in [0, 0.1) is 11.3 Å². The predicted octanol–water partition coefficient (Wildman–Crippen LogP) is 2.62. The second kappa shape index (κ2) is 8.04. The standard InChI is InChI=1S/C18H22N4O/c1-3-13(2)22-18(23)15(10-19)11-20-9-8-14-12-21-17-7-5-4-6-16(14)17/h4-7,11-13,20-21H,3,8-9H2,1-2H3,(H,22,23)/b15-11-. The molecule has 0 saturated carbocycles. The molecule has 0 aliphatic heterocycles. The SMILES string of the molecule is CCC(C)NC(=O)/C(C#N)=C\NCCc1c[nH]c2ccccc12. The van der Waals surface area contributed by atoms with Crippen molar-refractivity contribution in [2.24, 2.45) is 0 Å². The molecule has 5 heteroatoms. The molecule has 0 fully saturated rings. The lowest BCUT2D eigenvalue weighted by Gasteiger charge is -2.10. The van der Waals surface area contributed by atoms with Crippen molar-refractivity contribution in [1.82, 2.24) is 15.6 Å². The summed E-state index contributed by atoms with van der Waals surface area (Å²) in [4.78, 5) is 15.1. The van der Waals surface area contributed by atoms with Gasteiger partial charge in [0, 0.05) is 35.9 Å². The first-order valence-electron chi connectivity index (χ1n) is 7.85. The Balaban J connectivity index is 1.90. The Morgan fingerprint density at radius 1 is 1.43 bits per heavy atom. The highest BCUT2D eigenvalue weighted by molar-refractivity contribution is 5.97. The Labute approximate surface area is 136 Å². The predicted molar refractivity (Wildman–Crippen MR) is 91.6 cm³/mol. The number of aromatic amines is 1. The van der Waals surface area contributed by atoms with E-state index in [-0.39, 0.29) is 17.5 Å². The topological polar surface area (TPSA) is 80.7 Å². The van der Waals surface area contributed by atoms with Crippen molar-refractivity contribution >= 4 is 16.8 Å². The van der Waals surface area contributed by atoms with Gasteiger partial charge in [-0.25, -0.2) is 0 Å². The number of nitrogens with zero attached hydrogens (tertiary/aromatic N) is 1. The lowest BCUT2D eigenvalue weighted by molar-refractivity contribution is -0.117. The van der Waals surface area contributed by atoms with Crippen LogP contribution in [0.5, 0.6) is 0 Å². The largest absolute Gasteiger partial charge is 0.389 e. The Hall–Kier alpha value is -2.74. The normalized spacial score (nSPS) is 12.7. The van der Waals surface area contributed by atoms with E-state index >= 15 is 0 Å². The van der Waals surface area contributed by atoms with Crippen LogP contribution in [-0.2, 0) is 11.2 Å². The van der Waals surface area contributed by atoms with E-state index in [0.29, 0.717) is 6.54 Å². The molecule has 0 bridgehead atoms. The number of hydrogen-bond donors (Lipinski definition) is 3. The second-order valence-electron chi connectivity index (χ2n) is 5.52. The summed E-state index contributed by atoms with van der Waals surface area (Å²) in [5, 5.41) is 16.1. The number of aromatic nitrogens is 1. The van der Waals surface area contributed by atoms with Gasteiger partial charge in [0.25, 0.3) is 5.91 Å². The van der Waals surface area contributed by atoms with Gasteiger partial charge in [-0.15, -0.1) is 0 Å². The fraction of sp³-hybridized carbons (Fsp3) is 0.333. The molecule has 1 unspecified atom stereocenters. The minimum absolute atomic E-state index is 0.0606. The maximum atomic E-state index is 11.9. The summed E-state index contributed by atoms with van der Waals surface area (Å²) in [7, 11) is 0. The van der Waals surface area contributed by atoms with Crippen molar-refractivity contribution in [2.45, 2.75) is 32.7 Å². The molecule has 3 N–H and O–H groups in total. The maximum absolute atomic E-state index is 11.9. The van der Waals surface area contributed by atoms with E-state index < -0.39 is 0 Å². The van der Waals surface area contributed by atoms with Gasteiger partial charge in [0.15, 0.2) is 0 Å². The minimum Gasteiger partial charge on any atom is -0.389 e. The van der Waals surface area contributed by atoms with Crippen molar-refractivity contribution < 1.29 is 4.79 Å². The summed E-state index contributed by atoms with van der Waals surface area (Å²) >= 11 is 0. The zero-order valence-corrected chi connectivity index (χ0v) is 13.5. The molecule has 1 amide bonds. The van der Waals surface area contributed by atoms with Crippen LogP contribution in [0.3, 0.4) is 0 Å². The molecule has 2 aromatic rings. The first-order valence-corrected chi connectivity index (χ1v) is 7.85. The number of carbonyl (C=O) groups is 1. The molecule has 0 spiro atoms. The van der Waals surface area contributed by atoms with E-state index in [9.17, 15) is 4.79 Å². The molecule has 1 atom stereocenters. The molecule has 1 aromatic heterocycles. The molecular weight excluding hydrogens is 288 g/mol. The Morgan fingerprint density at radius 3 is 2.96 bits per heavy atom. The zero-order valence-electron chi connectivity index (χ0n) is 13.5. The summed E-state index contributed by atoms with van der Waals surface area (Å²) in [6, 6.07) is 10.1. The van der Waals surface area contributed by atoms with E-state index in [1.165, 1.54) is 17.1 Å². The number of benzene rings is 1. The van der Waals surface area contributed by atoms with Crippen molar-refractivity contribution in [1.29, 1.82) is 5.26 Å². The number of amides is 1. The average molecular weight is 310 g/mol. The molecule has 0 saturated heterocycles. The molecule has 0 radical (unpaired) electrons. The molecule has 1 aromatic carbocycles. The lowest BCUT2D eigenvalue weighted by atomic mass is 10.1.